The summed E-state index contributed by atoms with van der Waals surface area (Å²) in [5, 5.41) is 0. The van der Waals surface area contributed by atoms with Crippen LogP contribution in [0.25, 0.3) is 0 Å². The summed E-state index contributed by atoms with van der Waals surface area (Å²) in [6.07, 6.45) is 13.6. The van der Waals surface area contributed by atoms with Crippen molar-refractivity contribution >= 4 is 11.6 Å². The monoisotopic (exact) mass is 357 g/mol. The van der Waals surface area contributed by atoms with Crippen LogP contribution in [0.4, 0.5) is 0 Å². The van der Waals surface area contributed by atoms with Gasteiger partial charge in [0.2, 0.25) is 0 Å². The van der Waals surface area contributed by atoms with Gasteiger partial charge in [-0.05, 0) is 80.6 Å². The van der Waals surface area contributed by atoms with Gasteiger partial charge in [0.25, 0.3) is 0 Å². The van der Waals surface area contributed by atoms with Crippen molar-refractivity contribution in [1.82, 2.24) is 0 Å². The zero-order valence-electron chi connectivity index (χ0n) is 16.5. The average Bonchev–Trinajstić information content (AvgIpc) is 2.92. The van der Waals surface area contributed by atoms with E-state index in [9.17, 15) is 9.59 Å². The van der Waals surface area contributed by atoms with Crippen LogP contribution in [0.1, 0.15) is 71.6 Å². The first kappa shape index (κ1) is 18.4. The third kappa shape index (κ3) is 2.65. The molecule has 0 saturated heterocycles. The van der Waals surface area contributed by atoms with E-state index in [2.05, 4.69) is 26.0 Å². The molecule has 4 saturated carbocycles. The summed E-state index contributed by atoms with van der Waals surface area (Å²) in [4.78, 5) is 25.7. The second-order valence-electron chi connectivity index (χ2n) is 10.1. The lowest BCUT2D eigenvalue weighted by molar-refractivity contribution is -0.157. The van der Waals surface area contributed by atoms with Crippen molar-refractivity contribution in [3.63, 3.8) is 0 Å². The zero-order valence-corrected chi connectivity index (χ0v) is 16.5. The summed E-state index contributed by atoms with van der Waals surface area (Å²) in [6, 6.07) is 0. The van der Waals surface area contributed by atoms with E-state index in [1.54, 1.807) is 0 Å². The number of Topliss-reactive ketones (excluding diaryl/α,β-unsaturated/α-hetero) is 2. The van der Waals surface area contributed by atoms with Gasteiger partial charge in [-0.25, -0.2) is 0 Å². The fourth-order valence-corrected chi connectivity index (χ4v) is 7.40. The summed E-state index contributed by atoms with van der Waals surface area (Å²) < 4.78 is 0. The molecule has 0 amide bonds. The van der Waals surface area contributed by atoms with E-state index in [4.69, 9.17) is 5.73 Å². The maximum atomic E-state index is 13.2. The Morgan fingerprint density at radius 3 is 2.69 bits per heavy atom. The standard InChI is InChI=1S/C23H35NO2/c1-22-10-8-15(5-3-4-12-24)13-19(22)20(25)14-16-17-6-7-21(26)23(17,2)11-9-18(16)22/h3,5,15-19H,4,6-14,24H2,1-2H3/b5-3-/t15-,16+,17+,18+,19?,22-,23+/m1/s1. The first-order valence-electron chi connectivity index (χ1n) is 10.8. The fraction of sp³-hybridized carbons (Fsp3) is 0.826. The number of nitrogens with two attached hydrogens (primary N) is 1. The van der Waals surface area contributed by atoms with E-state index in [1.807, 2.05) is 0 Å². The molecule has 2 N–H and O–H groups in total. The Morgan fingerprint density at radius 1 is 1.12 bits per heavy atom. The van der Waals surface area contributed by atoms with Gasteiger partial charge in [0, 0.05) is 24.2 Å². The Bertz CT molecular complexity index is 626. The quantitative estimate of drug-likeness (QED) is 0.766. The lowest BCUT2D eigenvalue weighted by atomic mass is 9.44. The van der Waals surface area contributed by atoms with Crippen molar-refractivity contribution in [3.05, 3.63) is 12.2 Å². The predicted molar refractivity (Wildman–Crippen MR) is 103 cm³/mol. The van der Waals surface area contributed by atoms with Crippen LogP contribution < -0.4 is 5.73 Å². The lowest BCUT2D eigenvalue weighted by Gasteiger charge is -2.59. The minimum atomic E-state index is -0.132. The second-order valence-corrected chi connectivity index (χ2v) is 10.1. The van der Waals surface area contributed by atoms with Gasteiger partial charge in [-0.1, -0.05) is 26.0 Å². The molecule has 0 radical (unpaired) electrons. The summed E-state index contributed by atoms with van der Waals surface area (Å²) in [5.74, 6) is 3.29. The first-order valence-corrected chi connectivity index (χ1v) is 10.8. The van der Waals surface area contributed by atoms with Crippen molar-refractivity contribution in [2.45, 2.75) is 71.6 Å². The Kier molecular flexibility index (Phi) is 4.66. The summed E-state index contributed by atoms with van der Waals surface area (Å²) in [5.41, 5.74) is 5.63. The topological polar surface area (TPSA) is 60.2 Å². The molecular formula is C23H35NO2. The van der Waals surface area contributed by atoms with Crippen molar-refractivity contribution in [2.24, 2.45) is 46.2 Å². The average molecular weight is 358 g/mol. The van der Waals surface area contributed by atoms with Crippen molar-refractivity contribution in [2.75, 3.05) is 6.54 Å². The number of allylic oxidation sites excluding steroid dienone is 1. The van der Waals surface area contributed by atoms with Crippen LogP contribution in [-0.4, -0.2) is 18.1 Å². The SMILES string of the molecule is C[C@]12CC[C@@H](/C=C\CCN)CC1C(=O)C[C@@H]1[C@@H]2CC[C@]2(C)C(=O)CC[C@@H]12. The molecule has 0 aromatic carbocycles. The molecule has 0 heterocycles. The minimum absolute atomic E-state index is 0.132. The minimum Gasteiger partial charge on any atom is -0.330 e. The Labute approximate surface area is 158 Å². The van der Waals surface area contributed by atoms with Gasteiger partial charge in [-0.3, -0.25) is 9.59 Å². The number of fused-ring (bicyclic) bond motifs is 5. The Hall–Kier alpha value is -0.960. The number of rotatable bonds is 3. The number of ketones is 2. The van der Waals surface area contributed by atoms with E-state index in [0.29, 0.717) is 41.8 Å². The molecule has 4 aliphatic rings. The normalized spacial score (nSPS) is 48.3. The van der Waals surface area contributed by atoms with Gasteiger partial charge in [-0.15, -0.1) is 0 Å². The van der Waals surface area contributed by atoms with Crippen LogP contribution >= 0.6 is 0 Å². The number of hydrogen-bond acceptors (Lipinski definition) is 3. The van der Waals surface area contributed by atoms with Crippen LogP contribution in [0.2, 0.25) is 0 Å². The molecule has 26 heavy (non-hydrogen) atoms. The predicted octanol–water partition coefficient (Wildman–Crippen LogP) is 4.30. The molecule has 3 heteroatoms. The zero-order chi connectivity index (χ0) is 18.5. The van der Waals surface area contributed by atoms with Gasteiger partial charge in [-0.2, -0.15) is 0 Å². The molecule has 0 aliphatic heterocycles. The van der Waals surface area contributed by atoms with E-state index in [0.717, 1.165) is 44.9 Å². The van der Waals surface area contributed by atoms with E-state index in [1.165, 1.54) is 12.8 Å². The van der Waals surface area contributed by atoms with Gasteiger partial charge >= 0.3 is 0 Å². The number of carbonyl (C=O) groups is 2. The highest BCUT2D eigenvalue weighted by molar-refractivity contribution is 5.88. The summed E-state index contributed by atoms with van der Waals surface area (Å²) >= 11 is 0. The molecule has 7 atom stereocenters. The molecule has 4 aliphatic carbocycles. The van der Waals surface area contributed by atoms with E-state index >= 15 is 0 Å². The third-order valence-corrected chi connectivity index (χ3v) is 8.95. The molecule has 0 aromatic heterocycles. The molecular weight excluding hydrogens is 322 g/mol. The Balaban J connectivity index is 1.56. The van der Waals surface area contributed by atoms with Gasteiger partial charge in [0.05, 0.1) is 0 Å². The molecule has 0 aromatic rings. The number of carbonyl (C=O) groups excluding carboxylic acids is 2. The highest BCUT2D eigenvalue weighted by Crippen LogP contribution is 2.65. The highest BCUT2D eigenvalue weighted by Gasteiger charge is 2.62. The molecule has 1 unspecified atom stereocenters. The van der Waals surface area contributed by atoms with Crippen LogP contribution in [0.3, 0.4) is 0 Å². The largest absolute Gasteiger partial charge is 0.330 e. The summed E-state index contributed by atoms with van der Waals surface area (Å²) in [6.45, 7) is 5.30. The fourth-order valence-electron chi connectivity index (χ4n) is 7.40. The van der Waals surface area contributed by atoms with E-state index < -0.39 is 0 Å². The number of hydrogen-bond donors (Lipinski definition) is 1. The Morgan fingerprint density at radius 2 is 1.92 bits per heavy atom. The molecule has 3 nitrogen and oxygen atoms in total. The maximum Gasteiger partial charge on any atom is 0.139 e. The molecule has 0 spiro atoms. The summed E-state index contributed by atoms with van der Waals surface area (Å²) in [7, 11) is 0. The van der Waals surface area contributed by atoms with Gasteiger partial charge < -0.3 is 5.73 Å². The third-order valence-electron chi connectivity index (χ3n) is 8.95. The first-order chi connectivity index (χ1) is 12.4. The molecule has 4 rings (SSSR count). The molecule has 0 bridgehead atoms. The van der Waals surface area contributed by atoms with Crippen molar-refractivity contribution < 1.29 is 9.59 Å². The lowest BCUT2D eigenvalue weighted by Crippen LogP contribution is -2.56. The van der Waals surface area contributed by atoms with Crippen molar-refractivity contribution in [3.8, 4) is 0 Å². The molecule has 144 valence electrons. The second kappa shape index (κ2) is 6.58. The van der Waals surface area contributed by atoms with Crippen LogP contribution in [-0.2, 0) is 9.59 Å². The van der Waals surface area contributed by atoms with Crippen LogP contribution in [0.5, 0.6) is 0 Å². The van der Waals surface area contributed by atoms with Gasteiger partial charge in [0.15, 0.2) is 0 Å². The highest BCUT2D eigenvalue weighted by atomic mass is 16.1. The van der Waals surface area contributed by atoms with Crippen LogP contribution in [0.15, 0.2) is 12.2 Å². The van der Waals surface area contributed by atoms with E-state index in [-0.39, 0.29) is 16.7 Å². The van der Waals surface area contributed by atoms with Crippen molar-refractivity contribution in [1.29, 1.82) is 0 Å². The maximum absolute atomic E-state index is 13.2. The smallest absolute Gasteiger partial charge is 0.139 e. The van der Waals surface area contributed by atoms with Crippen LogP contribution in [0, 0.1) is 40.4 Å². The molecule has 4 fully saturated rings. The van der Waals surface area contributed by atoms with Gasteiger partial charge in [0.1, 0.15) is 11.6 Å².